The molecule has 0 saturated heterocycles. The van der Waals surface area contributed by atoms with Crippen LogP contribution in [0.15, 0.2) is 30.3 Å². The van der Waals surface area contributed by atoms with Crippen LogP contribution in [0.4, 0.5) is 0 Å². The molecule has 0 aliphatic heterocycles. The van der Waals surface area contributed by atoms with Crippen LogP contribution in [0.3, 0.4) is 0 Å². The van der Waals surface area contributed by atoms with E-state index >= 15 is 0 Å². The Morgan fingerprint density at radius 1 is 1.00 bits per heavy atom. The molecule has 0 aliphatic rings. The smallest absolute Gasteiger partial charge is 0.343 e. The molecule has 9 heteroatoms. The third kappa shape index (κ3) is 8.12. The van der Waals surface area contributed by atoms with Crippen LogP contribution in [-0.2, 0) is 28.5 Å². The first-order valence-electron chi connectivity index (χ1n) is 10.4. The van der Waals surface area contributed by atoms with Gasteiger partial charge in [0.2, 0.25) is 5.54 Å². The highest BCUT2D eigenvalue weighted by Gasteiger charge is 2.50. The summed E-state index contributed by atoms with van der Waals surface area (Å²) in [6.07, 6.45) is -1.00. The Bertz CT molecular complexity index is 680. The van der Waals surface area contributed by atoms with E-state index in [0.29, 0.717) is 6.61 Å². The van der Waals surface area contributed by atoms with Crippen molar-refractivity contribution in [3.63, 3.8) is 0 Å². The lowest BCUT2D eigenvalue weighted by Gasteiger charge is -2.31. The van der Waals surface area contributed by atoms with Crippen LogP contribution in [0.5, 0.6) is 0 Å². The maximum Gasteiger partial charge on any atom is 0.343 e. The molecule has 8 nitrogen and oxygen atoms in total. The number of hydrogen-bond acceptors (Lipinski definition) is 7. The fourth-order valence-corrected chi connectivity index (χ4v) is 3.15. The molecule has 0 spiro atoms. The van der Waals surface area contributed by atoms with Gasteiger partial charge < -0.3 is 24.3 Å². The predicted octanol–water partition coefficient (Wildman–Crippen LogP) is 3.07. The molecule has 1 rings (SSSR count). The molecular weight excluding hydrogens is 426 g/mol. The van der Waals surface area contributed by atoms with Crippen LogP contribution < -0.4 is 5.32 Å². The fourth-order valence-electron chi connectivity index (χ4n) is 2.92. The molecule has 0 fully saturated rings. The number of carbonyl (C=O) groups excluding carboxylic acids is 3. The Hall–Kier alpha value is -2.16. The first-order valence-corrected chi connectivity index (χ1v) is 10.9. The standard InChI is InChI=1S/C22H32ClNO7/c1-5-28-16(4)31-18(15-23)13-14-22(20(26)29-6-2,21(27)30-7-3)24-19(25)17-11-9-8-10-12-17/h8-12,16,18H,5-7,13-15H2,1-4H3,(H,24,25). The van der Waals surface area contributed by atoms with E-state index in [1.54, 1.807) is 51.1 Å². The molecular formula is C22H32ClNO7. The van der Waals surface area contributed by atoms with Gasteiger partial charge in [-0.15, -0.1) is 11.6 Å². The van der Waals surface area contributed by atoms with E-state index < -0.39 is 35.8 Å². The lowest BCUT2D eigenvalue weighted by molar-refractivity contribution is -0.168. The van der Waals surface area contributed by atoms with E-state index in [9.17, 15) is 14.4 Å². The van der Waals surface area contributed by atoms with Gasteiger partial charge >= 0.3 is 11.9 Å². The Labute approximate surface area is 188 Å². The van der Waals surface area contributed by atoms with Gasteiger partial charge in [0.25, 0.3) is 5.91 Å². The maximum absolute atomic E-state index is 12.9. The number of esters is 2. The van der Waals surface area contributed by atoms with Gasteiger partial charge in [-0.05, 0) is 52.7 Å². The quantitative estimate of drug-likeness (QED) is 0.198. The minimum atomic E-state index is -2.04. The molecule has 0 aliphatic carbocycles. The van der Waals surface area contributed by atoms with Gasteiger partial charge in [-0.1, -0.05) is 18.2 Å². The highest BCUT2D eigenvalue weighted by molar-refractivity contribution is 6.18. The number of hydrogen-bond donors (Lipinski definition) is 1. The van der Waals surface area contributed by atoms with Gasteiger partial charge in [-0.25, -0.2) is 9.59 Å². The maximum atomic E-state index is 12.9. The molecule has 2 atom stereocenters. The number of ether oxygens (including phenoxy) is 4. The van der Waals surface area contributed by atoms with E-state index in [4.69, 9.17) is 30.5 Å². The van der Waals surface area contributed by atoms with Gasteiger partial charge in [-0.2, -0.15) is 0 Å². The first kappa shape index (κ1) is 26.9. The number of benzene rings is 1. The number of alkyl halides is 1. The normalized spacial score (nSPS) is 13.2. The molecule has 0 heterocycles. The summed E-state index contributed by atoms with van der Waals surface area (Å²) in [5.74, 6) is -2.30. The zero-order chi connectivity index (χ0) is 23.3. The van der Waals surface area contributed by atoms with Gasteiger partial charge in [0.05, 0.1) is 19.3 Å². The minimum Gasteiger partial charge on any atom is -0.464 e. The van der Waals surface area contributed by atoms with Crippen LogP contribution in [-0.4, -0.2) is 61.5 Å². The van der Waals surface area contributed by atoms with Crippen molar-refractivity contribution in [2.24, 2.45) is 0 Å². The molecule has 2 unspecified atom stereocenters. The third-order valence-electron chi connectivity index (χ3n) is 4.41. The van der Waals surface area contributed by atoms with Crippen molar-refractivity contribution in [1.82, 2.24) is 5.32 Å². The number of carbonyl (C=O) groups is 3. The zero-order valence-corrected chi connectivity index (χ0v) is 19.3. The topological polar surface area (TPSA) is 100 Å². The molecule has 0 radical (unpaired) electrons. The van der Waals surface area contributed by atoms with Crippen LogP contribution in [0.1, 0.15) is 50.9 Å². The summed E-state index contributed by atoms with van der Waals surface area (Å²) in [5.41, 5.74) is -1.75. The Morgan fingerprint density at radius 2 is 1.58 bits per heavy atom. The van der Waals surface area contributed by atoms with E-state index in [1.165, 1.54) is 0 Å². The highest BCUT2D eigenvalue weighted by atomic mass is 35.5. The van der Waals surface area contributed by atoms with Crippen molar-refractivity contribution in [2.45, 2.75) is 58.5 Å². The van der Waals surface area contributed by atoms with Crippen molar-refractivity contribution in [3.05, 3.63) is 35.9 Å². The molecule has 1 amide bonds. The number of amides is 1. The second-order valence-corrected chi connectivity index (χ2v) is 6.95. The van der Waals surface area contributed by atoms with Crippen LogP contribution >= 0.6 is 11.6 Å². The summed E-state index contributed by atoms with van der Waals surface area (Å²) in [6.45, 7) is 7.29. The summed E-state index contributed by atoms with van der Waals surface area (Å²) in [5, 5.41) is 2.56. The highest BCUT2D eigenvalue weighted by Crippen LogP contribution is 2.23. The van der Waals surface area contributed by atoms with Crippen molar-refractivity contribution in [2.75, 3.05) is 25.7 Å². The van der Waals surface area contributed by atoms with Gasteiger partial charge in [0.15, 0.2) is 6.29 Å². The van der Waals surface area contributed by atoms with Gasteiger partial charge in [-0.3, -0.25) is 4.79 Å². The third-order valence-corrected chi connectivity index (χ3v) is 4.75. The average Bonchev–Trinajstić information content (AvgIpc) is 2.76. The summed E-state index contributed by atoms with van der Waals surface area (Å²) in [7, 11) is 0. The van der Waals surface area contributed by atoms with Crippen molar-refractivity contribution in [1.29, 1.82) is 0 Å². The molecule has 1 aromatic rings. The largest absolute Gasteiger partial charge is 0.464 e. The van der Waals surface area contributed by atoms with E-state index in [-0.39, 0.29) is 37.5 Å². The Balaban J connectivity index is 3.20. The molecule has 174 valence electrons. The van der Waals surface area contributed by atoms with Crippen molar-refractivity contribution >= 4 is 29.4 Å². The van der Waals surface area contributed by atoms with E-state index in [1.807, 2.05) is 6.92 Å². The van der Waals surface area contributed by atoms with Gasteiger partial charge in [0, 0.05) is 18.1 Å². The number of halogens is 1. The predicted molar refractivity (Wildman–Crippen MR) is 116 cm³/mol. The summed E-state index contributed by atoms with van der Waals surface area (Å²) < 4.78 is 21.4. The molecule has 31 heavy (non-hydrogen) atoms. The molecule has 1 N–H and O–H groups in total. The van der Waals surface area contributed by atoms with Crippen LogP contribution in [0.25, 0.3) is 0 Å². The van der Waals surface area contributed by atoms with Crippen LogP contribution in [0.2, 0.25) is 0 Å². The second-order valence-electron chi connectivity index (χ2n) is 6.64. The fraction of sp³-hybridized carbons (Fsp3) is 0.591. The van der Waals surface area contributed by atoms with Gasteiger partial charge in [0.1, 0.15) is 0 Å². The molecule has 0 aromatic heterocycles. The second kappa shape index (κ2) is 14.0. The summed E-state index contributed by atoms with van der Waals surface area (Å²) in [4.78, 5) is 38.7. The van der Waals surface area contributed by atoms with E-state index in [0.717, 1.165) is 0 Å². The molecule has 1 aromatic carbocycles. The Morgan fingerprint density at radius 3 is 2.06 bits per heavy atom. The average molecular weight is 458 g/mol. The number of rotatable bonds is 14. The van der Waals surface area contributed by atoms with Crippen LogP contribution in [0, 0.1) is 0 Å². The number of nitrogens with one attached hydrogen (secondary N) is 1. The Kier molecular flexibility index (Phi) is 12.1. The lowest BCUT2D eigenvalue weighted by Crippen LogP contribution is -2.61. The molecule has 0 saturated carbocycles. The first-order chi connectivity index (χ1) is 14.8. The van der Waals surface area contributed by atoms with E-state index in [2.05, 4.69) is 5.32 Å². The van der Waals surface area contributed by atoms with Crippen molar-refractivity contribution < 1.29 is 33.3 Å². The monoisotopic (exact) mass is 457 g/mol. The zero-order valence-electron chi connectivity index (χ0n) is 18.5. The lowest BCUT2D eigenvalue weighted by atomic mass is 9.91. The minimum absolute atomic E-state index is 0.0258. The molecule has 0 bridgehead atoms. The van der Waals surface area contributed by atoms with Crippen molar-refractivity contribution in [3.8, 4) is 0 Å². The SMILES string of the molecule is CCOC(=O)C(CCC(CCl)OC(C)OCC)(NC(=O)c1ccccc1)C(=O)OCC. The summed E-state index contributed by atoms with van der Waals surface area (Å²) >= 11 is 6.02. The summed E-state index contributed by atoms with van der Waals surface area (Å²) in [6, 6.07) is 8.26.